The van der Waals surface area contributed by atoms with E-state index in [9.17, 15) is 0 Å². The van der Waals surface area contributed by atoms with Crippen LogP contribution in [0.3, 0.4) is 0 Å². The van der Waals surface area contributed by atoms with E-state index in [2.05, 4.69) is 9.69 Å². The summed E-state index contributed by atoms with van der Waals surface area (Å²) in [7, 11) is 3.29. The van der Waals surface area contributed by atoms with E-state index in [0.717, 1.165) is 5.00 Å². The molecule has 1 atom stereocenters. The van der Waals surface area contributed by atoms with Crippen molar-refractivity contribution in [2.45, 2.75) is 13.0 Å². The number of hydrogen-bond acceptors (Lipinski definition) is 7. The third-order valence-corrected chi connectivity index (χ3v) is 2.94. The zero-order valence-electron chi connectivity index (χ0n) is 10.4. The Morgan fingerprint density at radius 2 is 2.24 bits per heavy atom. The van der Waals surface area contributed by atoms with E-state index in [0.29, 0.717) is 31.3 Å². The first-order chi connectivity index (χ1) is 8.22. The second kappa shape index (κ2) is 7.31. The molecule has 0 radical (unpaired) electrons. The molecule has 98 valence electrons. The monoisotopic (exact) mass is 261 g/mol. The maximum absolute atomic E-state index is 5.70. The highest BCUT2D eigenvalue weighted by Crippen LogP contribution is 2.34. The molecule has 1 aromatic heterocycles. The lowest BCUT2D eigenvalue weighted by molar-refractivity contribution is 0.0366. The van der Waals surface area contributed by atoms with Crippen molar-refractivity contribution >= 4 is 22.4 Å². The summed E-state index contributed by atoms with van der Waals surface area (Å²) in [5, 5.41) is 4.02. The lowest BCUT2D eigenvalue weighted by Crippen LogP contribution is -2.26. The maximum Gasteiger partial charge on any atom is 0.197 e. The van der Waals surface area contributed by atoms with Gasteiger partial charge in [0.25, 0.3) is 0 Å². The van der Waals surface area contributed by atoms with Gasteiger partial charge < -0.3 is 25.3 Å². The molecule has 1 heterocycles. The average molecular weight is 261 g/mol. The van der Waals surface area contributed by atoms with Gasteiger partial charge in [-0.3, -0.25) is 0 Å². The molecular weight excluding hydrogens is 242 g/mol. The van der Waals surface area contributed by atoms with Crippen molar-refractivity contribution in [1.29, 1.82) is 0 Å². The lowest BCUT2D eigenvalue weighted by atomic mass is 10.3. The predicted octanol–water partition coefficient (Wildman–Crippen LogP) is 1.20. The van der Waals surface area contributed by atoms with Crippen LogP contribution in [0.5, 0.6) is 5.75 Å². The summed E-state index contributed by atoms with van der Waals surface area (Å²) in [6.45, 7) is 3.61. The minimum absolute atomic E-state index is 0.0159. The van der Waals surface area contributed by atoms with E-state index >= 15 is 0 Å². The van der Waals surface area contributed by atoms with Gasteiger partial charge in [-0.25, -0.2) is 0 Å². The van der Waals surface area contributed by atoms with Gasteiger partial charge in [-0.05, 0) is 18.5 Å². The van der Waals surface area contributed by atoms with E-state index in [1.165, 1.54) is 11.5 Å². The number of aromatic nitrogens is 1. The minimum atomic E-state index is -0.0159. The fraction of sp³-hybridized carbons (Fsp3) is 0.700. The Hall–Kier alpha value is -1.05. The zero-order chi connectivity index (χ0) is 12.7. The Kier molecular flexibility index (Phi) is 6.03. The van der Waals surface area contributed by atoms with Crippen molar-refractivity contribution in [2.24, 2.45) is 0 Å². The highest BCUT2D eigenvalue weighted by molar-refractivity contribution is 7.11. The summed E-state index contributed by atoms with van der Waals surface area (Å²) < 4.78 is 19.7. The van der Waals surface area contributed by atoms with E-state index in [-0.39, 0.29) is 6.10 Å². The number of nitrogen functional groups attached to an aromatic ring is 1. The number of nitrogens with two attached hydrogens (primary N) is 1. The van der Waals surface area contributed by atoms with E-state index < -0.39 is 0 Å². The summed E-state index contributed by atoms with van der Waals surface area (Å²) >= 11 is 1.28. The van der Waals surface area contributed by atoms with Crippen molar-refractivity contribution in [3.8, 4) is 5.75 Å². The zero-order valence-corrected chi connectivity index (χ0v) is 11.2. The van der Waals surface area contributed by atoms with Gasteiger partial charge in [-0.1, -0.05) is 0 Å². The Morgan fingerprint density at radius 3 is 2.82 bits per heavy atom. The van der Waals surface area contributed by atoms with Gasteiger partial charge in [-0.15, -0.1) is 0 Å². The highest BCUT2D eigenvalue weighted by Gasteiger charge is 2.14. The molecule has 0 aliphatic carbocycles. The molecule has 0 bridgehead atoms. The molecule has 0 aliphatic heterocycles. The first-order valence-corrected chi connectivity index (χ1v) is 6.13. The molecule has 0 aromatic carbocycles. The number of ether oxygens (including phenoxy) is 3. The van der Waals surface area contributed by atoms with Crippen LogP contribution in [-0.4, -0.2) is 44.5 Å². The molecule has 0 saturated heterocycles. The molecule has 1 unspecified atom stereocenters. The maximum atomic E-state index is 5.70. The average Bonchev–Trinajstić information content (AvgIpc) is 2.67. The van der Waals surface area contributed by atoms with Crippen molar-refractivity contribution in [1.82, 2.24) is 4.37 Å². The van der Waals surface area contributed by atoms with E-state index in [1.54, 1.807) is 14.2 Å². The molecule has 0 fully saturated rings. The Balaban J connectivity index is 2.55. The molecule has 17 heavy (non-hydrogen) atoms. The van der Waals surface area contributed by atoms with Gasteiger partial charge in [0.05, 0.1) is 19.3 Å². The Morgan fingerprint density at radius 1 is 1.47 bits per heavy atom. The van der Waals surface area contributed by atoms with Crippen LogP contribution in [0.15, 0.2) is 0 Å². The van der Waals surface area contributed by atoms with Crippen LogP contribution in [0.1, 0.15) is 6.92 Å². The van der Waals surface area contributed by atoms with Crippen LogP contribution in [-0.2, 0) is 9.47 Å². The number of hydrogen-bond donors (Lipinski definition) is 2. The Labute approximate surface area is 105 Å². The number of rotatable bonds is 8. The van der Waals surface area contributed by atoms with Crippen LogP contribution in [0, 0.1) is 0 Å². The topological polar surface area (TPSA) is 78.6 Å². The predicted molar refractivity (Wildman–Crippen MR) is 68.9 cm³/mol. The fourth-order valence-electron chi connectivity index (χ4n) is 1.29. The summed E-state index contributed by atoms with van der Waals surface area (Å²) in [5.74, 6) is 1.03. The third-order valence-electron chi connectivity index (χ3n) is 2.14. The quantitative estimate of drug-likeness (QED) is 0.732. The normalized spacial score (nSPS) is 12.4. The molecule has 3 N–H and O–H groups in total. The van der Waals surface area contributed by atoms with Gasteiger partial charge in [0.15, 0.2) is 16.6 Å². The van der Waals surface area contributed by atoms with Crippen molar-refractivity contribution in [3.05, 3.63) is 0 Å². The van der Waals surface area contributed by atoms with Gasteiger partial charge in [0.1, 0.15) is 0 Å². The summed E-state index contributed by atoms with van der Waals surface area (Å²) in [6, 6.07) is 0. The first-order valence-electron chi connectivity index (χ1n) is 5.36. The van der Waals surface area contributed by atoms with Crippen LogP contribution >= 0.6 is 11.5 Å². The van der Waals surface area contributed by atoms with Crippen molar-refractivity contribution < 1.29 is 14.2 Å². The van der Waals surface area contributed by atoms with E-state index in [1.807, 2.05) is 6.92 Å². The van der Waals surface area contributed by atoms with Gasteiger partial charge in [0, 0.05) is 20.8 Å². The molecule has 0 spiro atoms. The lowest BCUT2D eigenvalue weighted by Gasteiger charge is -2.15. The number of methoxy groups -OCH3 is 2. The SMILES string of the molecule is CCOc1c(N)nsc1NCC(COC)OC. The van der Waals surface area contributed by atoms with Crippen molar-refractivity contribution in [3.63, 3.8) is 0 Å². The van der Waals surface area contributed by atoms with Gasteiger partial charge >= 0.3 is 0 Å². The second-order valence-electron chi connectivity index (χ2n) is 3.35. The van der Waals surface area contributed by atoms with Crippen molar-refractivity contribution in [2.75, 3.05) is 45.0 Å². The molecule has 0 saturated carbocycles. The Bertz CT molecular complexity index is 333. The smallest absolute Gasteiger partial charge is 0.197 e. The second-order valence-corrected chi connectivity index (χ2v) is 4.13. The largest absolute Gasteiger partial charge is 0.487 e. The molecule has 1 aromatic rings. The minimum Gasteiger partial charge on any atom is -0.487 e. The van der Waals surface area contributed by atoms with Gasteiger partial charge in [0.2, 0.25) is 0 Å². The van der Waals surface area contributed by atoms with E-state index in [4.69, 9.17) is 19.9 Å². The molecule has 0 amide bonds. The summed E-state index contributed by atoms with van der Waals surface area (Å²) in [5.41, 5.74) is 5.70. The van der Waals surface area contributed by atoms with Crippen LogP contribution in [0.2, 0.25) is 0 Å². The number of anilines is 2. The van der Waals surface area contributed by atoms with Crippen LogP contribution in [0.4, 0.5) is 10.8 Å². The number of nitrogens with zero attached hydrogens (tertiary/aromatic N) is 1. The summed E-state index contributed by atoms with van der Waals surface area (Å²) in [4.78, 5) is 0. The first kappa shape index (κ1) is 14.0. The summed E-state index contributed by atoms with van der Waals surface area (Å²) in [6.07, 6.45) is -0.0159. The number of nitrogens with one attached hydrogen (secondary N) is 1. The van der Waals surface area contributed by atoms with Crippen LogP contribution in [0.25, 0.3) is 0 Å². The molecule has 1 rings (SSSR count). The molecule has 0 aliphatic rings. The molecule has 7 heteroatoms. The third kappa shape index (κ3) is 4.03. The fourth-order valence-corrected chi connectivity index (χ4v) is 1.96. The van der Waals surface area contributed by atoms with Crippen LogP contribution < -0.4 is 15.8 Å². The molecular formula is C10H19N3O3S. The van der Waals surface area contributed by atoms with Gasteiger partial charge in [-0.2, -0.15) is 4.37 Å². The molecule has 6 nitrogen and oxygen atoms in total. The highest BCUT2D eigenvalue weighted by atomic mass is 32.1. The standard InChI is InChI=1S/C10H19N3O3S/c1-4-16-8-9(11)13-17-10(8)12-5-7(15-3)6-14-2/h7,12H,4-6H2,1-3H3,(H2,11,13).